The Morgan fingerprint density at radius 2 is 1.61 bits per heavy atom. The van der Waals surface area contributed by atoms with E-state index >= 15 is 0 Å². The number of halogens is 1. The van der Waals surface area contributed by atoms with Crippen LogP contribution in [0, 0.1) is 5.82 Å². The molecule has 0 unspecified atom stereocenters. The topological polar surface area (TPSA) is 79.1 Å². The van der Waals surface area contributed by atoms with Gasteiger partial charge in [-0.2, -0.15) is 4.98 Å². The van der Waals surface area contributed by atoms with Crippen LogP contribution in [0.15, 0.2) is 77.1 Å². The molecule has 2 heterocycles. The van der Waals surface area contributed by atoms with Gasteiger partial charge < -0.3 is 14.0 Å². The second-order valence-corrected chi connectivity index (χ2v) is 8.15. The molecule has 168 valence electrons. The largest absolute Gasteiger partial charge is 0.467 e. The average molecular weight is 465 g/mol. The highest BCUT2D eigenvalue weighted by Gasteiger charge is 2.09. The average Bonchev–Trinajstić information content (AvgIpc) is 2.83. The maximum Gasteiger partial charge on any atom is 0.316 e. The molecule has 7 nitrogen and oxygen atoms in total. The van der Waals surface area contributed by atoms with Gasteiger partial charge >= 0.3 is 6.01 Å². The fourth-order valence-corrected chi connectivity index (χ4v) is 3.93. The Bertz CT molecular complexity index is 1280. The summed E-state index contributed by atoms with van der Waals surface area (Å²) >= 11 is 1.47. The molecule has 0 amide bonds. The van der Waals surface area contributed by atoms with E-state index in [1.54, 1.807) is 30.7 Å². The summed E-state index contributed by atoms with van der Waals surface area (Å²) in [7, 11) is 3.36. The zero-order chi connectivity index (χ0) is 23.2. The van der Waals surface area contributed by atoms with Crippen molar-refractivity contribution >= 4 is 11.8 Å². The molecule has 0 aliphatic heterocycles. The smallest absolute Gasteiger partial charge is 0.316 e. The van der Waals surface area contributed by atoms with Crippen molar-refractivity contribution in [2.45, 2.75) is 17.3 Å². The zero-order valence-corrected chi connectivity index (χ0v) is 18.9. The van der Waals surface area contributed by atoms with Crippen molar-refractivity contribution in [2.75, 3.05) is 7.11 Å². The molecule has 0 atom stereocenters. The Hall–Kier alpha value is -3.72. The molecule has 0 bridgehead atoms. The van der Waals surface area contributed by atoms with E-state index in [4.69, 9.17) is 9.47 Å². The summed E-state index contributed by atoms with van der Waals surface area (Å²) in [4.78, 5) is 24.9. The van der Waals surface area contributed by atoms with Crippen LogP contribution < -0.4 is 15.0 Å². The van der Waals surface area contributed by atoms with Crippen LogP contribution in [0.25, 0.3) is 0 Å². The highest BCUT2D eigenvalue weighted by atomic mass is 32.2. The van der Waals surface area contributed by atoms with Crippen molar-refractivity contribution < 1.29 is 13.9 Å². The fraction of sp³-hybridized carbons (Fsp3) is 0.167. The van der Waals surface area contributed by atoms with Gasteiger partial charge in [-0.05, 0) is 47.5 Å². The van der Waals surface area contributed by atoms with Gasteiger partial charge in [-0.1, -0.05) is 23.9 Å². The number of rotatable bonds is 8. The van der Waals surface area contributed by atoms with Crippen LogP contribution in [-0.2, 0) is 19.2 Å². The second kappa shape index (κ2) is 10.3. The molecule has 2 aromatic heterocycles. The van der Waals surface area contributed by atoms with Crippen LogP contribution in [0.5, 0.6) is 17.5 Å². The lowest BCUT2D eigenvalue weighted by atomic mass is 10.1. The molecule has 0 spiro atoms. The van der Waals surface area contributed by atoms with E-state index in [0.29, 0.717) is 34.4 Å². The summed E-state index contributed by atoms with van der Waals surface area (Å²) in [6, 6.07) is 13.8. The molecule has 9 heteroatoms. The molecule has 0 radical (unpaired) electrons. The standard InChI is InChI=1S/C24H21FN4O3S/c1-29-14-18(11-17-12-26-23(31-2)27-13-17)22(30)28-24(29)33-15-16-3-7-20(8-4-16)32-21-9-5-19(25)6-10-21/h3-10,12-14H,11,15H2,1-2H3. The number of benzene rings is 2. The van der Waals surface area contributed by atoms with Crippen LogP contribution >= 0.6 is 11.8 Å². The molecule has 0 N–H and O–H groups in total. The number of aryl methyl sites for hydroxylation is 1. The van der Waals surface area contributed by atoms with Crippen molar-refractivity contribution in [2.24, 2.45) is 7.05 Å². The molecular formula is C24H21FN4O3S. The Labute approximate surface area is 194 Å². The lowest BCUT2D eigenvalue weighted by molar-refractivity contribution is 0.379. The summed E-state index contributed by atoms with van der Waals surface area (Å²) < 4.78 is 25.5. The molecule has 2 aromatic carbocycles. The second-order valence-electron chi connectivity index (χ2n) is 7.21. The highest BCUT2D eigenvalue weighted by Crippen LogP contribution is 2.25. The Morgan fingerprint density at radius 1 is 0.970 bits per heavy atom. The minimum absolute atomic E-state index is 0.269. The Kier molecular flexibility index (Phi) is 6.99. The van der Waals surface area contributed by atoms with Crippen molar-refractivity contribution in [3.63, 3.8) is 0 Å². The summed E-state index contributed by atoms with van der Waals surface area (Å²) in [6.45, 7) is 0. The minimum atomic E-state index is -0.305. The lowest BCUT2D eigenvalue weighted by Gasteiger charge is -2.10. The van der Waals surface area contributed by atoms with Crippen molar-refractivity contribution in [1.82, 2.24) is 19.5 Å². The first kappa shape index (κ1) is 22.5. The Morgan fingerprint density at radius 3 is 2.24 bits per heavy atom. The molecule has 0 saturated carbocycles. The van der Waals surface area contributed by atoms with Gasteiger partial charge in [0.15, 0.2) is 5.16 Å². The van der Waals surface area contributed by atoms with Crippen molar-refractivity contribution in [1.29, 1.82) is 0 Å². The molecule has 0 aliphatic carbocycles. The molecule has 4 rings (SSSR count). The van der Waals surface area contributed by atoms with E-state index in [0.717, 1.165) is 11.1 Å². The monoisotopic (exact) mass is 464 g/mol. The predicted octanol–water partition coefficient (Wildman–Crippen LogP) is 4.39. The number of hydrogen-bond acceptors (Lipinski definition) is 7. The number of hydrogen-bond donors (Lipinski definition) is 0. The maximum atomic E-state index is 13.0. The van der Waals surface area contributed by atoms with E-state index in [9.17, 15) is 9.18 Å². The molecular weight excluding hydrogens is 443 g/mol. The fourth-order valence-electron chi connectivity index (χ4n) is 3.04. The van der Waals surface area contributed by atoms with Gasteiger partial charge in [-0.25, -0.2) is 14.4 Å². The van der Waals surface area contributed by atoms with E-state index in [1.807, 2.05) is 35.9 Å². The van der Waals surface area contributed by atoms with Gasteiger partial charge in [0, 0.05) is 43.4 Å². The van der Waals surface area contributed by atoms with Gasteiger partial charge in [0.05, 0.1) is 7.11 Å². The van der Waals surface area contributed by atoms with Gasteiger partial charge in [-0.15, -0.1) is 0 Å². The van der Waals surface area contributed by atoms with Crippen LogP contribution in [0.3, 0.4) is 0 Å². The normalized spacial score (nSPS) is 10.8. The quantitative estimate of drug-likeness (QED) is 0.283. The number of methoxy groups -OCH3 is 1. The first-order valence-electron chi connectivity index (χ1n) is 10.1. The molecule has 0 saturated heterocycles. The lowest BCUT2D eigenvalue weighted by Crippen LogP contribution is -2.18. The van der Waals surface area contributed by atoms with Crippen LogP contribution in [0.1, 0.15) is 16.7 Å². The maximum absolute atomic E-state index is 13.0. The van der Waals surface area contributed by atoms with Crippen molar-refractivity contribution in [3.8, 4) is 17.5 Å². The SMILES string of the molecule is COc1ncc(Cc2cn(C)c(SCc3ccc(Oc4ccc(F)cc4)cc3)nc2=O)cn1. The molecule has 33 heavy (non-hydrogen) atoms. The highest BCUT2D eigenvalue weighted by molar-refractivity contribution is 7.98. The summed E-state index contributed by atoms with van der Waals surface area (Å²) in [5, 5.41) is 0.626. The summed E-state index contributed by atoms with van der Waals surface area (Å²) in [6.07, 6.45) is 5.46. The van der Waals surface area contributed by atoms with E-state index in [-0.39, 0.29) is 17.4 Å². The van der Waals surface area contributed by atoms with Gasteiger partial charge in [0.25, 0.3) is 5.56 Å². The first-order valence-corrected chi connectivity index (χ1v) is 11.1. The van der Waals surface area contributed by atoms with Gasteiger partial charge in [-0.3, -0.25) is 4.79 Å². The summed E-state index contributed by atoms with van der Waals surface area (Å²) in [5.74, 6) is 1.57. The van der Waals surface area contributed by atoms with E-state index in [1.165, 1.54) is 31.0 Å². The number of ether oxygens (including phenoxy) is 2. The summed E-state index contributed by atoms with van der Waals surface area (Å²) in [5.41, 5.74) is 2.16. The Balaban J connectivity index is 1.38. The predicted molar refractivity (Wildman–Crippen MR) is 123 cm³/mol. The van der Waals surface area contributed by atoms with Crippen LogP contribution in [0.2, 0.25) is 0 Å². The molecule has 4 aromatic rings. The first-order chi connectivity index (χ1) is 16.0. The third kappa shape index (κ3) is 5.95. The van der Waals surface area contributed by atoms with Crippen LogP contribution in [-0.4, -0.2) is 26.6 Å². The van der Waals surface area contributed by atoms with E-state index in [2.05, 4.69) is 15.0 Å². The van der Waals surface area contributed by atoms with Gasteiger partial charge in [0.1, 0.15) is 17.3 Å². The number of thioether (sulfide) groups is 1. The minimum Gasteiger partial charge on any atom is -0.467 e. The van der Waals surface area contributed by atoms with Gasteiger partial charge in [0.2, 0.25) is 0 Å². The van der Waals surface area contributed by atoms with Crippen LogP contribution in [0.4, 0.5) is 4.39 Å². The van der Waals surface area contributed by atoms with E-state index < -0.39 is 0 Å². The number of aromatic nitrogens is 4. The third-order valence-electron chi connectivity index (χ3n) is 4.72. The zero-order valence-electron chi connectivity index (χ0n) is 18.1. The third-order valence-corrected chi connectivity index (χ3v) is 5.84. The molecule has 0 fully saturated rings. The molecule has 0 aliphatic rings. The van der Waals surface area contributed by atoms with Crippen molar-refractivity contribution in [3.05, 3.63) is 100.0 Å². The number of nitrogens with zero attached hydrogens (tertiary/aromatic N) is 4.